The van der Waals surface area contributed by atoms with Crippen molar-refractivity contribution in [1.29, 1.82) is 0 Å². The molecule has 4 aromatic rings. The van der Waals surface area contributed by atoms with Crippen LogP contribution in [0.4, 0.5) is 11.6 Å². The Hall–Kier alpha value is -3.81. The van der Waals surface area contributed by atoms with Crippen molar-refractivity contribution in [3.63, 3.8) is 0 Å². The van der Waals surface area contributed by atoms with Crippen LogP contribution in [0, 0.1) is 6.92 Å². The number of nitrogens with zero attached hydrogens (tertiary/aromatic N) is 4. The fourth-order valence-corrected chi connectivity index (χ4v) is 4.50. The number of benzene rings is 2. The van der Waals surface area contributed by atoms with Gasteiger partial charge >= 0.3 is 11.6 Å². The van der Waals surface area contributed by atoms with E-state index in [1.165, 1.54) is 9.13 Å². The molecule has 0 saturated carbocycles. The number of nitrogens with one attached hydrogen (secondary N) is 1. The van der Waals surface area contributed by atoms with E-state index in [1.54, 1.807) is 14.2 Å². The van der Waals surface area contributed by atoms with E-state index >= 15 is 0 Å². The summed E-state index contributed by atoms with van der Waals surface area (Å²) in [5, 5.41) is 0. The lowest BCUT2D eigenvalue weighted by atomic mass is 10.1. The number of hydrogen-bond acceptors (Lipinski definition) is 4. The van der Waals surface area contributed by atoms with Crippen LogP contribution in [0.1, 0.15) is 17.5 Å². The van der Waals surface area contributed by atoms with Crippen molar-refractivity contribution in [2.45, 2.75) is 26.4 Å². The Labute approximate surface area is 184 Å². The number of hydrogen-bond donors (Lipinski definition) is 1. The zero-order valence-corrected chi connectivity index (χ0v) is 18.5. The first-order chi connectivity index (χ1) is 15.5. The molecule has 0 unspecified atom stereocenters. The van der Waals surface area contributed by atoms with Gasteiger partial charge in [0, 0.05) is 19.5 Å². The van der Waals surface area contributed by atoms with Crippen molar-refractivity contribution in [1.82, 2.24) is 14.1 Å². The zero-order valence-electron chi connectivity index (χ0n) is 18.5. The van der Waals surface area contributed by atoms with Crippen LogP contribution in [0.5, 0.6) is 5.75 Å². The van der Waals surface area contributed by atoms with Crippen molar-refractivity contribution < 1.29 is 9.30 Å². The minimum Gasteiger partial charge on any atom is -0.497 e. The molecule has 1 aliphatic heterocycles. The van der Waals surface area contributed by atoms with Crippen LogP contribution in [0.2, 0.25) is 0 Å². The molecule has 32 heavy (non-hydrogen) atoms. The largest absolute Gasteiger partial charge is 0.497 e. The zero-order chi connectivity index (χ0) is 22.4. The van der Waals surface area contributed by atoms with Crippen LogP contribution in [-0.2, 0) is 20.1 Å². The van der Waals surface area contributed by atoms with Crippen LogP contribution in [-0.4, -0.2) is 27.8 Å². The van der Waals surface area contributed by atoms with E-state index in [9.17, 15) is 9.59 Å². The van der Waals surface area contributed by atoms with Gasteiger partial charge in [0.2, 0.25) is 11.2 Å². The van der Waals surface area contributed by atoms with E-state index in [0.717, 1.165) is 41.5 Å². The minimum atomic E-state index is -0.337. The monoisotopic (exact) mass is 432 g/mol. The maximum Gasteiger partial charge on any atom is 0.364 e. The Morgan fingerprint density at radius 1 is 1.12 bits per heavy atom. The Balaban J connectivity index is 1.69. The molecule has 2 aromatic carbocycles. The van der Waals surface area contributed by atoms with E-state index in [0.29, 0.717) is 17.7 Å². The van der Waals surface area contributed by atoms with Gasteiger partial charge in [-0.05, 0) is 24.6 Å². The number of aryl methyl sites for hydroxylation is 3. The van der Waals surface area contributed by atoms with Gasteiger partial charge in [0.1, 0.15) is 11.4 Å². The van der Waals surface area contributed by atoms with E-state index in [4.69, 9.17) is 4.74 Å². The lowest BCUT2D eigenvalue weighted by molar-refractivity contribution is -0.663. The van der Waals surface area contributed by atoms with E-state index < -0.39 is 0 Å². The van der Waals surface area contributed by atoms with Crippen molar-refractivity contribution in [3.05, 3.63) is 80.5 Å². The molecule has 1 aliphatic rings. The fraction of sp³-hybridized carbons (Fsp3) is 0.292. The Bertz CT molecular complexity index is 1450. The molecule has 164 valence electrons. The SMILES string of the molecule is COc1cccc(N2CCC[n+]3c2[nH]c2c3c(=O)n(Cc3cccc(C)c3)c(=O)n2C)c1. The van der Waals surface area contributed by atoms with E-state index in [-0.39, 0.29) is 17.8 Å². The van der Waals surface area contributed by atoms with E-state index in [1.807, 2.05) is 60.0 Å². The molecule has 0 spiro atoms. The highest BCUT2D eigenvalue weighted by molar-refractivity contribution is 5.70. The molecular formula is C24H26N5O3+. The number of methoxy groups -OCH3 is 1. The summed E-state index contributed by atoms with van der Waals surface area (Å²) in [6.07, 6.45) is 0.877. The first kappa shape index (κ1) is 20.1. The Kier molecular flexibility index (Phi) is 4.84. The summed E-state index contributed by atoms with van der Waals surface area (Å²) in [5.74, 6) is 1.56. The van der Waals surface area contributed by atoms with Crippen LogP contribution in [0.25, 0.3) is 11.2 Å². The predicted octanol–water partition coefficient (Wildman–Crippen LogP) is 2.22. The van der Waals surface area contributed by atoms with Crippen LogP contribution in [0.15, 0.2) is 58.1 Å². The number of aromatic amines is 1. The molecular weight excluding hydrogens is 406 g/mol. The lowest BCUT2D eigenvalue weighted by Crippen LogP contribution is -2.49. The summed E-state index contributed by atoms with van der Waals surface area (Å²) < 4.78 is 10.2. The van der Waals surface area contributed by atoms with Crippen molar-refractivity contribution in [2.75, 3.05) is 18.6 Å². The summed E-state index contributed by atoms with van der Waals surface area (Å²) in [5.41, 5.74) is 3.42. The molecule has 5 rings (SSSR count). The van der Waals surface area contributed by atoms with Gasteiger partial charge in [0.05, 0.1) is 26.7 Å². The van der Waals surface area contributed by atoms with Crippen LogP contribution < -0.4 is 25.5 Å². The van der Waals surface area contributed by atoms with Crippen LogP contribution >= 0.6 is 0 Å². The quantitative estimate of drug-likeness (QED) is 0.502. The molecule has 0 aliphatic carbocycles. The number of H-pyrrole nitrogens is 1. The molecule has 1 N–H and O–H groups in total. The molecule has 8 heteroatoms. The van der Waals surface area contributed by atoms with Gasteiger partial charge in [-0.15, -0.1) is 0 Å². The molecule has 0 saturated heterocycles. The van der Waals surface area contributed by atoms with Gasteiger partial charge in [0.25, 0.3) is 5.56 Å². The van der Waals surface area contributed by atoms with E-state index in [2.05, 4.69) is 9.88 Å². The average molecular weight is 433 g/mol. The van der Waals surface area contributed by atoms with Gasteiger partial charge in [0.15, 0.2) is 0 Å². The molecule has 0 amide bonds. The number of aromatic nitrogens is 4. The second kappa shape index (κ2) is 7.71. The lowest BCUT2D eigenvalue weighted by Gasteiger charge is -2.22. The number of imidazole rings is 1. The molecule has 0 radical (unpaired) electrons. The third-order valence-corrected chi connectivity index (χ3v) is 6.09. The topological polar surface area (TPSA) is 76.1 Å². The highest BCUT2D eigenvalue weighted by Crippen LogP contribution is 2.28. The number of rotatable bonds is 4. The number of anilines is 2. The highest BCUT2D eigenvalue weighted by Gasteiger charge is 2.33. The predicted molar refractivity (Wildman–Crippen MR) is 123 cm³/mol. The van der Waals surface area contributed by atoms with Crippen molar-refractivity contribution in [3.8, 4) is 5.75 Å². The number of ether oxygens (including phenoxy) is 1. The van der Waals surface area contributed by atoms with Gasteiger partial charge in [-0.1, -0.05) is 35.9 Å². The maximum absolute atomic E-state index is 13.5. The van der Waals surface area contributed by atoms with Gasteiger partial charge in [-0.3, -0.25) is 13.9 Å². The first-order valence-corrected chi connectivity index (χ1v) is 10.7. The molecule has 8 nitrogen and oxygen atoms in total. The first-order valence-electron chi connectivity index (χ1n) is 10.7. The standard InChI is InChI=1S/C24H25N5O3/c1-16-7-4-8-17(13-16)15-29-22(30)20-21(26(2)24(29)31)25-23-27(11-6-12-28(20)23)18-9-5-10-19(14-18)32-3/h4-5,7-10,13-14H,6,11-12,15H2,1-3H3/p+1. The van der Waals surface area contributed by atoms with Gasteiger partial charge in [-0.2, -0.15) is 0 Å². The summed E-state index contributed by atoms with van der Waals surface area (Å²) >= 11 is 0. The molecule has 2 aromatic heterocycles. The highest BCUT2D eigenvalue weighted by atomic mass is 16.5. The van der Waals surface area contributed by atoms with Gasteiger partial charge < -0.3 is 4.74 Å². The fourth-order valence-electron chi connectivity index (χ4n) is 4.50. The second-order valence-corrected chi connectivity index (χ2v) is 8.23. The minimum absolute atomic E-state index is 0.239. The Morgan fingerprint density at radius 2 is 1.94 bits per heavy atom. The third kappa shape index (κ3) is 3.19. The summed E-state index contributed by atoms with van der Waals surface area (Å²) in [6.45, 7) is 3.74. The van der Waals surface area contributed by atoms with Crippen molar-refractivity contribution >= 4 is 22.8 Å². The number of fused-ring (bicyclic) bond motifs is 3. The summed E-state index contributed by atoms with van der Waals surface area (Å²) in [6, 6.07) is 15.7. The Morgan fingerprint density at radius 3 is 2.72 bits per heavy atom. The summed E-state index contributed by atoms with van der Waals surface area (Å²) in [4.78, 5) is 32.1. The maximum atomic E-state index is 13.5. The average Bonchev–Trinajstić information content (AvgIpc) is 3.20. The summed E-state index contributed by atoms with van der Waals surface area (Å²) in [7, 11) is 3.35. The molecule has 0 atom stereocenters. The normalized spacial score (nSPS) is 13.4. The van der Waals surface area contributed by atoms with Crippen LogP contribution in [0.3, 0.4) is 0 Å². The van der Waals surface area contributed by atoms with Gasteiger partial charge in [-0.25, -0.2) is 19.2 Å². The second-order valence-electron chi connectivity index (χ2n) is 8.23. The third-order valence-electron chi connectivity index (χ3n) is 6.09. The molecule has 3 heterocycles. The smallest absolute Gasteiger partial charge is 0.364 e. The van der Waals surface area contributed by atoms with Crippen molar-refractivity contribution in [2.24, 2.45) is 7.05 Å². The molecule has 0 bridgehead atoms. The molecule has 0 fully saturated rings.